The van der Waals surface area contributed by atoms with Crippen molar-refractivity contribution in [1.29, 1.82) is 0 Å². The number of H-pyrrole nitrogens is 1. The van der Waals surface area contributed by atoms with Crippen molar-refractivity contribution in [3.05, 3.63) is 50.1 Å². The van der Waals surface area contributed by atoms with Crippen LogP contribution < -0.4 is 5.32 Å². The standard InChI is InChI=1S/C12H13IN4O2/c1-2-10(12-14-5-6-15-12)16-8-3-4-11(17(18)19)9(13)7-8/h3-7,10,16H,2H2,1H3,(H,14,15). The Hall–Kier alpha value is -1.64. The molecule has 2 rings (SSSR count). The summed E-state index contributed by atoms with van der Waals surface area (Å²) in [5, 5.41) is 14.1. The van der Waals surface area contributed by atoms with Gasteiger partial charge in [-0.3, -0.25) is 10.1 Å². The van der Waals surface area contributed by atoms with Gasteiger partial charge in [0.05, 0.1) is 14.5 Å². The number of aromatic nitrogens is 2. The van der Waals surface area contributed by atoms with Crippen LogP contribution in [0.4, 0.5) is 11.4 Å². The molecule has 2 N–H and O–H groups in total. The lowest BCUT2D eigenvalue weighted by Crippen LogP contribution is -2.11. The van der Waals surface area contributed by atoms with E-state index in [1.165, 1.54) is 6.07 Å². The van der Waals surface area contributed by atoms with Gasteiger partial charge in [-0.25, -0.2) is 4.98 Å². The number of anilines is 1. The summed E-state index contributed by atoms with van der Waals surface area (Å²) in [6, 6.07) is 5.06. The summed E-state index contributed by atoms with van der Waals surface area (Å²) >= 11 is 1.97. The number of hydrogen-bond donors (Lipinski definition) is 2. The molecule has 0 saturated heterocycles. The maximum absolute atomic E-state index is 10.8. The zero-order chi connectivity index (χ0) is 13.8. The number of rotatable bonds is 5. The van der Waals surface area contributed by atoms with Crippen molar-refractivity contribution in [2.24, 2.45) is 0 Å². The van der Waals surface area contributed by atoms with Gasteiger partial charge in [0.1, 0.15) is 5.82 Å². The van der Waals surface area contributed by atoms with Crippen molar-refractivity contribution >= 4 is 34.0 Å². The molecule has 0 aliphatic carbocycles. The number of nitro benzene ring substituents is 1. The Bertz CT molecular complexity index is 571. The van der Waals surface area contributed by atoms with Gasteiger partial charge in [-0.1, -0.05) is 6.92 Å². The lowest BCUT2D eigenvalue weighted by atomic mass is 10.2. The summed E-state index contributed by atoms with van der Waals surface area (Å²) in [5.74, 6) is 0.857. The number of nitro groups is 1. The van der Waals surface area contributed by atoms with Gasteiger partial charge in [0.25, 0.3) is 5.69 Å². The molecule has 1 aromatic heterocycles. The van der Waals surface area contributed by atoms with Gasteiger partial charge in [0.2, 0.25) is 0 Å². The first-order valence-electron chi connectivity index (χ1n) is 5.81. The van der Waals surface area contributed by atoms with E-state index < -0.39 is 0 Å². The molecule has 1 aromatic carbocycles. The maximum Gasteiger partial charge on any atom is 0.282 e. The molecule has 0 aliphatic heterocycles. The maximum atomic E-state index is 10.8. The predicted octanol–water partition coefficient (Wildman–Crippen LogP) is 3.49. The Morgan fingerprint density at radius 2 is 2.37 bits per heavy atom. The molecule has 100 valence electrons. The third kappa shape index (κ3) is 3.22. The van der Waals surface area contributed by atoms with Gasteiger partial charge < -0.3 is 10.3 Å². The number of nitrogens with zero attached hydrogens (tertiary/aromatic N) is 2. The molecule has 0 radical (unpaired) electrons. The topological polar surface area (TPSA) is 83.8 Å². The van der Waals surface area contributed by atoms with E-state index in [2.05, 4.69) is 22.2 Å². The SMILES string of the molecule is CCC(Nc1ccc([N+](=O)[O-])c(I)c1)c1ncc[nH]1. The normalized spacial score (nSPS) is 12.1. The zero-order valence-electron chi connectivity index (χ0n) is 10.3. The monoisotopic (exact) mass is 372 g/mol. The van der Waals surface area contributed by atoms with E-state index in [1.807, 2.05) is 22.6 Å². The Morgan fingerprint density at radius 3 is 2.89 bits per heavy atom. The number of benzene rings is 1. The van der Waals surface area contributed by atoms with Gasteiger partial charge in [-0.2, -0.15) is 0 Å². The molecule has 1 atom stereocenters. The number of hydrogen-bond acceptors (Lipinski definition) is 4. The summed E-state index contributed by atoms with van der Waals surface area (Å²) in [4.78, 5) is 17.7. The molecule has 1 heterocycles. The van der Waals surface area contributed by atoms with E-state index in [4.69, 9.17) is 0 Å². The second kappa shape index (κ2) is 6.00. The van der Waals surface area contributed by atoms with Gasteiger partial charge in [0, 0.05) is 24.1 Å². The molecule has 0 saturated carbocycles. The van der Waals surface area contributed by atoms with Crippen LogP contribution in [0, 0.1) is 13.7 Å². The van der Waals surface area contributed by atoms with Gasteiger partial charge in [-0.05, 0) is 41.1 Å². The molecule has 1 unspecified atom stereocenters. The largest absolute Gasteiger partial charge is 0.375 e. The van der Waals surface area contributed by atoms with Crippen LogP contribution in [-0.2, 0) is 0 Å². The van der Waals surface area contributed by atoms with Crippen LogP contribution >= 0.6 is 22.6 Å². The van der Waals surface area contributed by atoms with E-state index >= 15 is 0 Å². The third-order valence-corrected chi connectivity index (χ3v) is 3.61. The average molecular weight is 372 g/mol. The van der Waals surface area contributed by atoms with E-state index in [0.717, 1.165) is 17.9 Å². The molecule has 19 heavy (non-hydrogen) atoms. The minimum Gasteiger partial charge on any atom is -0.375 e. The highest BCUT2D eigenvalue weighted by atomic mass is 127. The molecule has 0 fully saturated rings. The van der Waals surface area contributed by atoms with Crippen LogP contribution in [0.3, 0.4) is 0 Å². The summed E-state index contributed by atoms with van der Waals surface area (Å²) in [6.45, 7) is 2.05. The molecule has 2 aromatic rings. The Kier molecular flexibility index (Phi) is 4.35. The van der Waals surface area contributed by atoms with E-state index in [-0.39, 0.29) is 16.7 Å². The second-order valence-electron chi connectivity index (χ2n) is 4.00. The lowest BCUT2D eigenvalue weighted by molar-refractivity contribution is -0.385. The molecule has 0 bridgehead atoms. The molecular formula is C12H13IN4O2. The van der Waals surface area contributed by atoms with Crippen molar-refractivity contribution in [2.75, 3.05) is 5.32 Å². The van der Waals surface area contributed by atoms with Crippen LogP contribution in [0.2, 0.25) is 0 Å². The molecular weight excluding hydrogens is 359 g/mol. The molecule has 0 amide bonds. The van der Waals surface area contributed by atoms with E-state index in [1.54, 1.807) is 24.5 Å². The number of aromatic amines is 1. The van der Waals surface area contributed by atoms with Gasteiger partial charge >= 0.3 is 0 Å². The summed E-state index contributed by atoms with van der Waals surface area (Å²) in [5.41, 5.74) is 0.968. The third-order valence-electron chi connectivity index (χ3n) is 2.74. The van der Waals surface area contributed by atoms with Crippen LogP contribution in [-0.4, -0.2) is 14.9 Å². The van der Waals surface area contributed by atoms with Gasteiger partial charge in [-0.15, -0.1) is 0 Å². The highest BCUT2D eigenvalue weighted by molar-refractivity contribution is 14.1. The number of nitrogens with one attached hydrogen (secondary N) is 2. The van der Waals surface area contributed by atoms with Gasteiger partial charge in [0.15, 0.2) is 0 Å². The molecule has 0 aliphatic rings. The van der Waals surface area contributed by atoms with E-state index in [9.17, 15) is 10.1 Å². The van der Waals surface area contributed by atoms with Crippen LogP contribution in [0.25, 0.3) is 0 Å². The van der Waals surface area contributed by atoms with Crippen molar-refractivity contribution < 1.29 is 4.92 Å². The highest BCUT2D eigenvalue weighted by Gasteiger charge is 2.15. The molecule has 7 heteroatoms. The first-order chi connectivity index (χ1) is 9.11. The fraction of sp³-hybridized carbons (Fsp3) is 0.250. The van der Waals surface area contributed by atoms with Crippen molar-refractivity contribution in [3.8, 4) is 0 Å². The summed E-state index contributed by atoms with van der Waals surface area (Å²) in [7, 11) is 0. The smallest absolute Gasteiger partial charge is 0.282 e. The zero-order valence-corrected chi connectivity index (χ0v) is 12.4. The van der Waals surface area contributed by atoms with Crippen LogP contribution in [0.15, 0.2) is 30.6 Å². The minimum atomic E-state index is -0.380. The summed E-state index contributed by atoms with van der Waals surface area (Å²) < 4.78 is 0.613. The fourth-order valence-electron chi connectivity index (χ4n) is 1.78. The first kappa shape index (κ1) is 13.8. The van der Waals surface area contributed by atoms with Crippen LogP contribution in [0.5, 0.6) is 0 Å². The Morgan fingerprint density at radius 1 is 1.58 bits per heavy atom. The van der Waals surface area contributed by atoms with Crippen molar-refractivity contribution in [1.82, 2.24) is 9.97 Å². The number of imidazole rings is 1. The molecule has 6 nitrogen and oxygen atoms in total. The predicted molar refractivity (Wildman–Crippen MR) is 81.1 cm³/mol. The van der Waals surface area contributed by atoms with Crippen LogP contribution in [0.1, 0.15) is 25.2 Å². The van der Waals surface area contributed by atoms with Crippen molar-refractivity contribution in [2.45, 2.75) is 19.4 Å². The average Bonchev–Trinajstić information content (AvgIpc) is 2.89. The first-order valence-corrected chi connectivity index (χ1v) is 6.89. The minimum absolute atomic E-state index is 0.0623. The van der Waals surface area contributed by atoms with Crippen molar-refractivity contribution in [3.63, 3.8) is 0 Å². The Labute approximate surface area is 123 Å². The summed E-state index contributed by atoms with van der Waals surface area (Å²) in [6.07, 6.45) is 4.35. The Balaban J connectivity index is 2.19. The quantitative estimate of drug-likeness (QED) is 0.478. The fourth-order valence-corrected chi connectivity index (χ4v) is 2.49. The second-order valence-corrected chi connectivity index (χ2v) is 5.17. The highest BCUT2D eigenvalue weighted by Crippen LogP contribution is 2.26. The lowest BCUT2D eigenvalue weighted by Gasteiger charge is -2.16. The number of halogens is 1. The van der Waals surface area contributed by atoms with E-state index in [0.29, 0.717) is 3.57 Å². The molecule has 0 spiro atoms.